The molecule has 174 valence electrons. The second-order valence-electron chi connectivity index (χ2n) is 8.05. The average Bonchev–Trinajstić information content (AvgIpc) is 3.28. The van der Waals surface area contributed by atoms with Gasteiger partial charge in [-0.1, -0.05) is 43.7 Å². The van der Waals surface area contributed by atoms with Crippen LogP contribution in [-0.4, -0.2) is 35.8 Å². The van der Waals surface area contributed by atoms with E-state index in [1.807, 2.05) is 26.8 Å². The third kappa shape index (κ3) is 7.77. The van der Waals surface area contributed by atoms with Crippen LogP contribution < -0.4 is 16.8 Å². The molecule has 1 saturated heterocycles. The van der Waals surface area contributed by atoms with E-state index >= 15 is 0 Å². The fourth-order valence-corrected chi connectivity index (χ4v) is 3.95. The molecule has 1 unspecified atom stereocenters. The lowest BCUT2D eigenvalue weighted by Crippen LogP contribution is -2.88. The number of hydrogen-bond donors (Lipinski definition) is 3. The van der Waals surface area contributed by atoms with Gasteiger partial charge in [0, 0.05) is 37.0 Å². The minimum absolute atomic E-state index is 0.490. The van der Waals surface area contributed by atoms with Crippen LogP contribution in [0.25, 0.3) is 5.70 Å². The molecule has 2 aromatic rings. The van der Waals surface area contributed by atoms with Crippen molar-refractivity contribution in [1.82, 2.24) is 9.97 Å². The summed E-state index contributed by atoms with van der Waals surface area (Å²) in [4.78, 5) is 8.37. The predicted molar refractivity (Wildman–Crippen MR) is 132 cm³/mol. The molecule has 2 heterocycles. The molecule has 6 nitrogen and oxygen atoms in total. The lowest BCUT2D eigenvalue weighted by molar-refractivity contribution is -0.673. The first-order valence-electron chi connectivity index (χ1n) is 11.7. The van der Waals surface area contributed by atoms with E-state index in [1.54, 1.807) is 18.5 Å². The molecule has 3 rings (SSSR count). The molecule has 1 aromatic heterocycles. The quantitative estimate of drug-likeness (QED) is 0.412. The first kappa shape index (κ1) is 25.6. The first-order chi connectivity index (χ1) is 15.5. The first-order valence-corrected chi connectivity index (χ1v) is 11.7. The van der Waals surface area contributed by atoms with Gasteiger partial charge in [0.2, 0.25) is 0 Å². The van der Waals surface area contributed by atoms with Gasteiger partial charge in [-0.2, -0.15) is 0 Å². The van der Waals surface area contributed by atoms with E-state index < -0.39 is 0 Å². The smallest absolute Gasteiger partial charge is 0.175 e. The summed E-state index contributed by atoms with van der Waals surface area (Å²) in [7, 11) is 0. The summed E-state index contributed by atoms with van der Waals surface area (Å²) in [5.74, 6) is 1.09. The highest BCUT2D eigenvalue weighted by molar-refractivity contribution is 5.59. The Hall–Kier alpha value is -2.70. The largest absolute Gasteiger partial charge is 0.402 e. The van der Waals surface area contributed by atoms with Gasteiger partial charge in [0.25, 0.3) is 0 Å². The third-order valence-electron chi connectivity index (χ3n) is 5.67. The zero-order chi connectivity index (χ0) is 23.3. The van der Waals surface area contributed by atoms with Crippen LogP contribution in [-0.2, 0) is 4.74 Å². The molecule has 1 fully saturated rings. The molecule has 0 saturated carbocycles. The van der Waals surface area contributed by atoms with Crippen LogP contribution >= 0.6 is 0 Å². The van der Waals surface area contributed by atoms with Crippen LogP contribution in [0.15, 0.2) is 60.1 Å². The molecular weight excluding hydrogens is 398 g/mol. The molecule has 6 N–H and O–H groups in total. The lowest BCUT2D eigenvalue weighted by Gasteiger charge is -2.17. The zero-order valence-corrected chi connectivity index (χ0v) is 20.1. The van der Waals surface area contributed by atoms with Crippen molar-refractivity contribution >= 4 is 5.70 Å². The normalized spacial score (nSPS) is 19.2. The van der Waals surface area contributed by atoms with E-state index in [4.69, 9.17) is 16.2 Å². The maximum Gasteiger partial charge on any atom is 0.175 e. The summed E-state index contributed by atoms with van der Waals surface area (Å²) in [6, 6.07) is 11.2. The summed E-state index contributed by atoms with van der Waals surface area (Å²) >= 11 is 0. The summed E-state index contributed by atoms with van der Waals surface area (Å²) < 4.78 is 6.04. The fraction of sp³-hybridized carbons (Fsp3) is 0.462. The summed E-state index contributed by atoms with van der Waals surface area (Å²) in [6.45, 7) is 10.7. The van der Waals surface area contributed by atoms with Crippen molar-refractivity contribution in [2.24, 2.45) is 11.5 Å². The molecule has 32 heavy (non-hydrogen) atoms. The topological polar surface area (TPSA) is 104 Å². The van der Waals surface area contributed by atoms with Crippen molar-refractivity contribution in [3.63, 3.8) is 0 Å². The van der Waals surface area contributed by atoms with E-state index in [9.17, 15) is 0 Å². The lowest BCUT2D eigenvalue weighted by atomic mass is 9.92. The van der Waals surface area contributed by atoms with E-state index in [0.717, 1.165) is 37.3 Å². The van der Waals surface area contributed by atoms with Gasteiger partial charge in [-0.15, -0.1) is 0 Å². The van der Waals surface area contributed by atoms with E-state index in [-0.39, 0.29) is 0 Å². The molecule has 0 aliphatic carbocycles. The van der Waals surface area contributed by atoms with Crippen LogP contribution in [0.3, 0.4) is 0 Å². The van der Waals surface area contributed by atoms with Gasteiger partial charge in [-0.3, -0.25) is 0 Å². The Morgan fingerprint density at radius 2 is 1.84 bits per heavy atom. The van der Waals surface area contributed by atoms with Crippen molar-refractivity contribution in [2.45, 2.75) is 58.9 Å². The molecule has 6 heteroatoms. The minimum atomic E-state index is 0.490. The van der Waals surface area contributed by atoms with Crippen LogP contribution in [0.2, 0.25) is 0 Å². The summed E-state index contributed by atoms with van der Waals surface area (Å²) in [5.41, 5.74) is 17.2. The molecule has 1 aliphatic heterocycles. The minimum Gasteiger partial charge on any atom is -0.402 e. The Bertz CT molecular complexity index is 858. The molecule has 1 aromatic carbocycles. The Balaban J connectivity index is 0.00000176. The van der Waals surface area contributed by atoms with Gasteiger partial charge in [0.15, 0.2) is 5.82 Å². The Labute approximate surface area is 193 Å². The summed E-state index contributed by atoms with van der Waals surface area (Å²) in [6.07, 6.45) is 8.15. The Morgan fingerprint density at radius 3 is 2.50 bits per heavy atom. The van der Waals surface area contributed by atoms with Gasteiger partial charge in [-0.05, 0) is 50.0 Å². The second kappa shape index (κ2) is 13.7. The number of aryl methyl sites for hydroxylation is 1. The Morgan fingerprint density at radius 1 is 1.16 bits per heavy atom. The number of allylic oxidation sites excluding steroid dienone is 3. The van der Waals surface area contributed by atoms with Gasteiger partial charge < -0.3 is 21.5 Å². The maximum absolute atomic E-state index is 6.14. The molecule has 0 spiro atoms. The monoisotopic (exact) mass is 438 g/mol. The van der Waals surface area contributed by atoms with Crippen LogP contribution in [0, 0.1) is 6.92 Å². The third-order valence-corrected chi connectivity index (χ3v) is 5.67. The van der Waals surface area contributed by atoms with Crippen molar-refractivity contribution in [3.05, 3.63) is 77.0 Å². The van der Waals surface area contributed by atoms with Crippen molar-refractivity contribution in [2.75, 3.05) is 19.8 Å². The number of rotatable bonds is 9. The summed E-state index contributed by atoms with van der Waals surface area (Å²) in [5, 5.41) is 2.42. The second-order valence-corrected chi connectivity index (χ2v) is 8.05. The number of nitrogens with two attached hydrogens (primary N) is 3. The van der Waals surface area contributed by atoms with Gasteiger partial charge >= 0.3 is 0 Å². The molecule has 1 aliphatic rings. The number of aromatic nitrogens is 2. The number of nitrogens with zero attached hydrogens (tertiary/aromatic N) is 2. The van der Waals surface area contributed by atoms with E-state index in [2.05, 4.69) is 46.5 Å². The zero-order valence-electron chi connectivity index (χ0n) is 20.1. The van der Waals surface area contributed by atoms with Crippen molar-refractivity contribution < 1.29 is 10.1 Å². The fourth-order valence-electron chi connectivity index (χ4n) is 3.95. The highest BCUT2D eigenvalue weighted by Crippen LogP contribution is 2.25. The standard InChI is InChI=1S/C24H33N5O.C2H6/c1-17-6-8-19(9-7-17)21-10-13-27-23(21)16-30-14-3-5-20(18(2)25)15-22(26)24-28-11-4-12-29-24;1-2/h4,6-9,11-12,15,21,23,27H,3,5,10,13-14,16,25-26H2,1-2H3;1-2H3/p+1/b20-18-,22-15-;/t21-,23?;/m1./s1. The molecule has 0 amide bonds. The Kier molecular flexibility index (Phi) is 10.9. The number of quaternary nitrogens is 1. The van der Waals surface area contributed by atoms with E-state index in [0.29, 0.717) is 30.1 Å². The molecule has 0 radical (unpaired) electrons. The van der Waals surface area contributed by atoms with Gasteiger partial charge in [0.05, 0.1) is 18.8 Å². The van der Waals surface area contributed by atoms with Crippen molar-refractivity contribution in [1.29, 1.82) is 0 Å². The highest BCUT2D eigenvalue weighted by Gasteiger charge is 2.32. The van der Waals surface area contributed by atoms with Crippen LogP contribution in [0.5, 0.6) is 0 Å². The van der Waals surface area contributed by atoms with Crippen LogP contribution in [0.4, 0.5) is 0 Å². The number of ether oxygens (including phenoxy) is 1. The number of hydrogen-bond acceptors (Lipinski definition) is 5. The number of benzene rings is 1. The predicted octanol–water partition coefficient (Wildman–Crippen LogP) is 3.26. The van der Waals surface area contributed by atoms with E-state index in [1.165, 1.54) is 17.5 Å². The van der Waals surface area contributed by atoms with Crippen LogP contribution in [0.1, 0.15) is 62.9 Å². The highest BCUT2D eigenvalue weighted by atomic mass is 16.5. The molecular formula is C26H40N5O+. The molecule has 0 bridgehead atoms. The molecule has 2 atom stereocenters. The van der Waals surface area contributed by atoms with Gasteiger partial charge in [0.1, 0.15) is 6.04 Å². The SMILES string of the molecule is C/C(N)=C(/C=C(\N)c1ncccn1)CCCOCC1[NH2+]CC[C@@H]1c1ccc(C)cc1.CC. The van der Waals surface area contributed by atoms with Crippen molar-refractivity contribution in [3.8, 4) is 0 Å². The average molecular weight is 439 g/mol. The maximum atomic E-state index is 6.14. The van der Waals surface area contributed by atoms with Gasteiger partial charge in [-0.25, -0.2) is 9.97 Å².